The second kappa shape index (κ2) is 8.21. The van der Waals surface area contributed by atoms with Crippen molar-refractivity contribution in [2.75, 3.05) is 6.61 Å². The first-order valence-corrected chi connectivity index (χ1v) is 7.57. The van der Waals surface area contributed by atoms with Crippen molar-refractivity contribution in [2.45, 2.75) is 65.3 Å². The highest BCUT2D eigenvalue weighted by Crippen LogP contribution is 2.30. The summed E-state index contributed by atoms with van der Waals surface area (Å²) in [6.45, 7) is 9.44. The van der Waals surface area contributed by atoms with Crippen LogP contribution in [0.1, 0.15) is 63.5 Å². The molecule has 2 atom stereocenters. The third-order valence-corrected chi connectivity index (χ3v) is 3.62. The van der Waals surface area contributed by atoms with Crippen molar-refractivity contribution in [3.63, 3.8) is 0 Å². The van der Waals surface area contributed by atoms with Gasteiger partial charge in [-0.2, -0.15) is 0 Å². The molecule has 0 heterocycles. The quantitative estimate of drug-likeness (QED) is 0.754. The molecule has 0 aliphatic rings. The lowest BCUT2D eigenvalue weighted by Crippen LogP contribution is -2.16. The molecule has 1 rings (SSSR count). The Morgan fingerprint density at radius 2 is 1.95 bits per heavy atom. The molecule has 2 N–H and O–H groups in total. The molecule has 2 nitrogen and oxygen atoms in total. The SMILES string of the molecule is CCCOc1ccc(C(CC)CCC(C)N)c(C)c1. The zero-order valence-electron chi connectivity index (χ0n) is 12.9. The van der Waals surface area contributed by atoms with Crippen molar-refractivity contribution >= 4 is 0 Å². The summed E-state index contributed by atoms with van der Waals surface area (Å²) in [5.74, 6) is 1.61. The molecule has 1 aromatic rings. The van der Waals surface area contributed by atoms with Gasteiger partial charge in [-0.05, 0) is 68.7 Å². The van der Waals surface area contributed by atoms with Crippen LogP contribution in [0.25, 0.3) is 0 Å². The van der Waals surface area contributed by atoms with E-state index in [1.54, 1.807) is 0 Å². The van der Waals surface area contributed by atoms with E-state index in [0.29, 0.717) is 12.0 Å². The second-order valence-electron chi connectivity index (χ2n) is 5.53. The number of rotatable bonds is 8. The lowest BCUT2D eigenvalue weighted by Gasteiger charge is -2.19. The number of hydrogen-bond donors (Lipinski definition) is 1. The maximum absolute atomic E-state index is 5.87. The summed E-state index contributed by atoms with van der Waals surface area (Å²) in [5.41, 5.74) is 8.66. The molecular weight excluding hydrogens is 234 g/mol. The van der Waals surface area contributed by atoms with E-state index in [-0.39, 0.29) is 0 Å². The molecule has 2 heteroatoms. The average molecular weight is 263 g/mol. The van der Waals surface area contributed by atoms with Crippen LogP contribution in [-0.2, 0) is 0 Å². The molecule has 0 aromatic heterocycles. The van der Waals surface area contributed by atoms with Gasteiger partial charge >= 0.3 is 0 Å². The van der Waals surface area contributed by atoms with Crippen LogP contribution in [0.4, 0.5) is 0 Å². The first-order chi connectivity index (χ1) is 9.08. The molecular formula is C17H29NO. The third-order valence-electron chi connectivity index (χ3n) is 3.62. The van der Waals surface area contributed by atoms with Crippen molar-refractivity contribution in [3.8, 4) is 5.75 Å². The van der Waals surface area contributed by atoms with Crippen LogP contribution in [0.15, 0.2) is 18.2 Å². The fourth-order valence-corrected chi connectivity index (χ4v) is 2.46. The molecule has 2 unspecified atom stereocenters. The molecule has 108 valence electrons. The highest BCUT2D eigenvalue weighted by atomic mass is 16.5. The van der Waals surface area contributed by atoms with Crippen LogP contribution in [0.5, 0.6) is 5.75 Å². The molecule has 0 saturated heterocycles. The Bertz CT molecular complexity index is 374. The number of nitrogens with two attached hydrogens (primary N) is 1. The lowest BCUT2D eigenvalue weighted by atomic mass is 9.88. The monoisotopic (exact) mass is 263 g/mol. The summed E-state index contributed by atoms with van der Waals surface area (Å²) < 4.78 is 5.68. The molecule has 0 fully saturated rings. The van der Waals surface area contributed by atoms with E-state index in [1.807, 2.05) is 0 Å². The highest BCUT2D eigenvalue weighted by molar-refractivity contribution is 5.37. The van der Waals surface area contributed by atoms with E-state index in [4.69, 9.17) is 10.5 Å². The minimum absolute atomic E-state index is 0.293. The maximum Gasteiger partial charge on any atom is 0.119 e. The van der Waals surface area contributed by atoms with E-state index in [9.17, 15) is 0 Å². The first kappa shape index (κ1) is 16.0. The van der Waals surface area contributed by atoms with E-state index in [1.165, 1.54) is 24.0 Å². The predicted octanol–water partition coefficient (Wildman–Crippen LogP) is 4.40. The van der Waals surface area contributed by atoms with Gasteiger partial charge in [-0.25, -0.2) is 0 Å². The zero-order valence-corrected chi connectivity index (χ0v) is 12.9. The summed E-state index contributed by atoms with van der Waals surface area (Å²) >= 11 is 0. The molecule has 19 heavy (non-hydrogen) atoms. The van der Waals surface area contributed by atoms with Crippen LogP contribution in [0.3, 0.4) is 0 Å². The van der Waals surface area contributed by atoms with Crippen molar-refractivity contribution < 1.29 is 4.74 Å². The average Bonchev–Trinajstić information content (AvgIpc) is 2.38. The number of benzene rings is 1. The van der Waals surface area contributed by atoms with Gasteiger partial charge in [0.05, 0.1) is 6.61 Å². The fraction of sp³-hybridized carbons (Fsp3) is 0.647. The summed E-state index contributed by atoms with van der Waals surface area (Å²) in [4.78, 5) is 0. The first-order valence-electron chi connectivity index (χ1n) is 7.57. The molecule has 0 aliphatic heterocycles. The van der Waals surface area contributed by atoms with Crippen molar-refractivity contribution in [1.82, 2.24) is 0 Å². The topological polar surface area (TPSA) is 35.2 Å². The standard InChI is InChI=1S/C17H29NO/c1-5-11-19-16-9-10-17(13(3)12-16)15(6-2)8-7-14(4)18/h9-10,12,14-15H,5-8,11,18H2,1-4H3. The molecule has 0 amide bonds. The molecule has 0 aliphatic carbocycles. The summed E-state index contributed by atoms with van der Waals surface area (Å²) in [7, 11) is 0. The Kier molecular flexibility index (Phi) is 6.93. The molecule has 0 spiro atoms. The zero-order chi connectivity index (χ0) is 14.3. The largest absolute Gasteiger partial charge is 0.494 e. The lowest BCUT2D eigenvalue weighted by molar-refractivity contribution is 0.317. The van der Waals surface area contributed by atoms with Gasteiger partial charge in [-0.1, -0.05) is 19.9 Å². The van der Waals surface area contributed by atoms with Gasteiger partial charge in [0.2, 0.25) is 0 Å². The highest BCUT2D eigenvalue weighted by Gasteiger charge is 2.13. The normalized spacial score (nSPS) is 14.2. The molecule has 0 bridgehead atoms. The summed E-state index contributed by atoms with van der Waals surface area (Å²) in [6.07, 6.45) is 4.48. The van der Waals surface area contributed by atoms with E-state index >= 15 is 0 Å². The summed E-state index contributed by atoms with van der Waals surface area (Å²) in [5, 5.41) is 0. The van der Waals surface area contributed by atoms with Crippen molar-refractivity contribution in [1.29, 1.82) is 0 Å². The molecule has 1 aromatic carbocycles. The van der Waals surface area contributed by atoms with E-state index < -0.39 is 0 Å². The van der Waals surface area contributed by atoms with Crippen molar-refractivity contribution in [2.24, 2.45) is 5.73 Å². The number of aryl methyl sites for hydroxylation is 1. The Morgan fingerprint density at radius 3 is 2.47 bits per heavy atom. The summed E-state index contributed by atoms with van der Waals surface area (Å²) in [6, 6.07) is 6.79. The Morgan fingerprint density at radius 1 is 1.21 bits per heavy atom. The van der Waals surface area contributed by atoms with Crippen LogP contribution in [0.2, 0.25) is 0 Å². The number of hydrogen-bond acceptors (Lipinski definition) is 2. The van der Waals surface area contributed by atoms with Crippen LogP contribution in [0, 0.1) is 6.92 Å². The smallest absolute Gasteiger partial charge is 0.119 e. The Labute approximate surface area is 118 Å². The van der Waals surface area contributed by atoms with Gasteiger partial charge in [0.25, 0.3) is 0 Å². The Balaban J connectivity index is 2.75. The van der Waals surface area contributed by atoms with E-state index in [0.717, 1.165) is 25.2 Å². The fourth-order valence-electron chi connectivity index (χ4n) is 2.46. The van der Waals surface area contributed by atoms with Crippen LogP contribution in [-0.4, -0.2) is 12.6 Å². The van der Waals surface area contributed by atoms with Crippen LogP contribution < -0.4 is 10.5 Å². The van der Waals surface area contributed by atoms with Crippen LogP contribution >= 0.6 is 0 Å². The third kappa shape index (κ3) is 5.23. The predicted molar refractivity (Wildman–Crippen MR) is 82.9 cm³/mol. The Hall–Kier alpha value is -1.02. The van der Waals surface area contributed by atoms with Gasteiger partial charge < -0.3 is 10.5 Å². The minimum Gasteiger partial charge on any atom is -0.494 e. The van der Waals surface area contributed by atoms with Gasteiger partial charge in [0.1, 0.15) is 5.75 Å². The maximum atomic E-state index is 5.87. The van der Waals surface area contributed by atoms with Gasteiger partial charge in [0, 0.05) is 6.04 Å². The molecule has 0 saturated carbocycles. The van der Waals surface area contributed by atoms with Gasteiger partial charge in [-0.3, -0.25) is 0 Å². The second-order valence-corrected chi connectivity index (χ2v) is 5.53. The van der Waals surface area contributed by atoms with Gasteiger partial charge in [0.15, 0.2) is 0 Å². The van der Waals surface area contributed by atoms with Crippen molar-refractivity contribution in [3.05, 3.63) is 29.3 Å². The minimum atomic E-state index is 0.293. The number of ether oxygens (including phenoxy) is 1. The molecule has 0 radical (unpaired) electrons. The van der Waals surface area contributed by atoms with Gasteiger partial charge in [-0.15, -0.1) is 0 Å². The van der Waals surface area contributed by atoms with E-state index in [2.05, 4.69) is 45.9 Å².